The number of alkyl halides is 6. The van der Waals surface area contributed by atoms with Gasteiger partial charge in [0.2, 0.25) is 5.41 Å². The summed E-state index contributed by atoms with van der Waals surface area (Å²) in [5.74, 6) is -6.96. The predicted molar refractivity (Wildman–Crippen MR) is 283 cm³/mol. The standard InChI is InChI=1S/C61H34F6N4O13/c1-29-3-4-30(23-49(29)72)59(60(62,63)64,61(65,66)67)31-5-22-48(50(73)24-31)71-55(78)43-21-17-39(28-47(43)58(71)81)84-38-16-20-42-46(27-38)57(80)70(54(42)77)33-8-12-35(13-9-33)82-34-10-6-32(7-11-34)69-53(76)41-19-15-37(26-45(41)56(69)79)83-36-14-18-40-44(25-36)52(75)68(2)51(40)74/h3-28,72-73H,1-2H3. The molecule has 4 aliphatic heterocycles. The van der Waals surface area contributed by atoms with Crippen molar-refractivity contribution in [3.8, 4) is 46.0 Å². The fourth-order valence-corrected chi connectivity index (χ4v) is 10.4. The van der Waals surface area contributed by atoms with Crippen molar-refractivity contribution in [2.75, 3.05) is 21.7 Å². The maximum Gasteiger partial charge on any atom is 0.411 e. The number of phenols is 2. The van der Waals surface area contributed by atoms with Crippen LogP contribution in [0.3, 0.4) is 0 Å². The number of phenolic OH excluding ortho intramolecular Hbond substituents is 2. The Labute approximate surface area is 468 Å². The number of nitrogens with zero attached hydrogens (tertiary/aromatic N) is 4. The normalized spacial score (nSPS) is 14.9. The highest BCUT2D eigenvalue weighted by Gasteiger charge is 2.73. The highest BCUT2D eigenvalue weighted by molar-refractivity contribution is 6.36. The molecule has 0 atom stereocenters. The van der Waals surface area contributed by atoms with Gasteiger partial charge in [0.1, 0.15) is 46.0 Å². The summed E-state index contributed by atoms with van der Waals surface area (Å²) in [6, 6.07) is 31.0. The number of anilines is 3. The van der Waals surface area contributed by atoms with Gasteiger partial charge in [0, 0.05) is 7.05 Å². The second-order valence-electron chi connectivity index (χ2n) is 19.6. The molecule has 0 radical (unpaired) electrons. The fraction of sp³-hybridized carbons (Fsp3) is 0.0820. The van der Waals surface area contributed by atoms with Crippen molar-refractivity contribution in [3.63, 3.8) is 0 Å². The molecule has 0 saturated carbocycles. The van der Waals surface area contributed by atoms with Crippen LogP contribution in [0.2, 0.25) is 0 Å². The molecular formula is C61H34F6N4O13. The molecule has 23 heteroatoms. The van der Waals surface area contributed by atoms with Crippen LogP contribution < -0.4 is 28.9 Å². The maximum absolute atomic E-state index is 14.8. The number of hydrogen-bond acceptors (Lipinski definition) is 13. The zero-order chi connectivity index (χ0) is 59.6. The summed E-state index contributed by atoms with van der Waals surface area (Å²) >= 11 is 0. The molecule has 0 fully saturated rings. The van der Waals surface area contributed by atoms with Gasteiger partial charge in [-0.2, -0.15) is 26.3 Å². The molecule has 12 rings (SSSR count). The summed E-state index contributed by atoms with van der Waals surface area (Å²) in [5, 5.41) is 21.1. The number of aryl methyl sites for hydroxylation is 1. The topological polar surface area (TPSA) is 218 Å². The molecule has 4 aliphatic rings. The molecule has 0 aromatic heterocycles. The molecule has 8 amide bonds. The summed E-state index contributed by atoms with van der Waals surface area (Å²) in [6.07, 6.45) is -12.2. The number of halogens is 6. The van der Waals surface area contributed by atoms with Crippen LogP contribution >= 0.6 is 0 Å². The third-order valence-corrected chi connectivity index (χ3v) is 14.7. The average molecular weight is 1140 g/mol. The first-order valence-electron chi connectivity index (χ1n) is 24.9. The molecule has 0 bridgehead atoms. The zero-order valence-corrected chi connectivity index (χ0v) is 43.0. The fourth-order valence-electron chi connectivity index (χ4n) is 10.4. The van der Waals surface area contributed by atoms with Gasteiger partial charge in [0.25, 0.3) is 47.3 Å². The zero-order valence-electron chi connectivity index (χ0n) is 43.0. The Bertz CT molecular complexity index is 4280. The van der Waals surface area contributed by atoms with Crippen molar-refractivity contribution in [1.82, 2.24) is 4.90 Å². The van der Waals surface area contributed by atoms with Crippen LogP contribution in [0.1, 0.15) is 99.6 Å². The van der Waals surface area contributed by atoms with Gasteiger partial charge in [-0.25, -0.2) is 14.7 Å². The van der Waals surface area contributed by atoms with Crippen molar-refractivity contribution in [2.45, 2.75) is 24.7 Å². The minimum atomic E-state index is -6.09. The van der Waals surface area contributed by atoms with Gasteiger partial charge in [-0.1, -0.05) is 18.2 Å². The van der Waals surface area contributed by atoms with Crippen LogP contribution in [0.5, 0.6) is 46.0 Å². The first kappa shape index (κ1) is 53.5. The van der Waals surface area contributed by atoms with Gasteiger partial charge in [-0.3, -0.25) is 43.3 Å². The molecule has 84 heavy (non-hydrogen) atoms. The van der Waals surface area contributed by atoms with Crippen molar-refractivity contribution in [3.05, 3.63) is 219 Å². The van der Waals surface area contributed by atoms with Crippen LogP contribution in [-0.2, 0) is 5.41 Å². The second kappa shape index (κ2) is 19.0. The van der Waals surface area contributed by atoms with Crippen LogP contribution in [0.4, 0.5) is 43.4 Å². The summed E-state index contributed by atoms with van der Waals surface area (Å²) in [7, 11) is 1.37. The average Bonchev–Trinajstić information content (AvgIpc) is 2.35. The molecule has 8 aromatic rings. The minimum absolute atomic E-state index is 0.00364. The van der Waals surface area contributed by atoms with Gasteiger partial charge < -0.3 is 24.4 Å². The van der Waals surface area contributed by atoms with E-state index in [1.54, 1.807) is 0 Å². The van der Waals surface area contributed by atoms with E-state index in [0.29, 0.717) is 34.9 Å². The number of amides is 8. The van der Waals surface area contributed by atoms with Gasteiger partial charge in [-0.15, -0.1) is 0 Å². The number of aromatic hydroxyl groups is 2. The van der Waals surface area contributed by atoms with Crippen molar-refractivity contribution in [1.29, 1.82) is 0 Å². The van der Waals surface area contributed by atoms with E-state index in [1.807, 2.05) is 0 Å². The largest absolute Gasteiger partial charge is 0.508 e. The lowest BCUT2D eigenvalue weighted by Crippen LogP contribution is -2.54. The van der Waals surface area contributed by atoms with E-state index >= 15 is 0 Å². The van der Waals surface area contributed by atoms with E-state index in [1.165, 1.54) is 123 Å². The number of rotatable bonds is 11. The first-order valence-corrected chi connectivity index (χ1v) is 24.9. The Balaban J connectivity index is 0.700. The Morgan fingerprint density at radius 2 is 0.655 bits per heavy atom. The summed E-state index contributed by atoms with van der Waals surface area (Å²) in [4.78, 5) is 110. The number of fused-ring (bicyclic) bond motifs is 4. The van der Waals surface area contributed by atoms with E-state index in [-0.39, 0.29) is 96.3 Å². The lowest BCUT2D eigenvalue weighted by molar-refractivity contribution is -0.288. The van der Waals surface area contributed by atoms with E-state index in [2.05, 4.69) is 0 Å². The number of hydrogen-bond donors (Lipinski definition) is 2. The smallest absolute Gasteiger partial charge is 0.411 e. The lowest BCUT2D eigenvalue weighted by Gasteiger charge is -2.38. The molecule has 2 N–H and O–H groups in total. The van der Waals surface area contributed by atoms with Crippen LogP contribution in [0.15, 0.2) is 158 Å². The van der Waals surface area contributed by atoms with Crippen molar-refractivity contribution < 1.29 is 89.1 Å². The van der Waals surface area contributed by atoms with Crippen molar-refractivity contribution in [2.24, 2.45) is 0 Å². The number of benzene rings is 8. The Morgan fingerprint density at radius 3 is 1.05 bits per heavy atom. The SMILES string of the molecule is Cc1ccc(C(c2ccc(N3C(=O)c4ccc(Oc5ccc6c(c5)C(=O)N(c5ccc(Oc7ccc(N8C(=O)c9ccc(Oc%10ccc%11c(c%10)C(=O)N(C)C%11=O)cc9C8=O)cc7)cc5)C6=O)cc4C3=O)c(O)c2)(C(F)(F)F)C(F)(F)F)cc1O. The van der Waals surface area contributed by atoms with E-state index in [4.69, 9.17) is 14.2 Å². The minimum Gasteiger partial charge on any atom is -0.508 e. The lowest BCUT2D eigenvalue weighted by atomic mass is 9.72. The Hall–Kier alpha value is -11.1. The van der Waals surface area contributed by atoms with E-state index in [9.17, 15) is 74.9 Å². The summed E-state index contributed by atoms with van der Waals surface area (Å²) in [5.41, 5.74) is -8.11. The van der Waals surface area contributed by atoms with E-state index < -0.39 is 93.3 Å². The number of imide groups is 4. The second-order valence-corrected chi connectivity index (χ2v) is 19.6. The Kier molecular flexibility index (Phi) is 12.1. The maximum atomic E-state index is 14.8. The highest BCUT2D eigenvalue weighted by Crippen LogP contribution is 2.58. The van der Waals surface area contributed by atoms with E-state index in [0.717, 1.165) is 32.9 Å². The number of carbonyl (C=O) groups excluding carboxylic acids is 8. The molecule has 17 nitrogen and oxygen atoms in total. The Morgan fingerprint density at radius 1 is 0.345 bits per heavy atom. The third kappa shape index (κ3) is 8.25. The van der Waals surface area contributed by atoms with Gasteiger partial charge >= 0.3 is 12.4 Å². The highest BCUT2D eigenvalue weighted by atomic mass is 19.4. The molecule has 8 aromatic carbocycles. The van der Waals surface area contributed by atoms with Crippen molar-refractivity contribution >= 4 is 64.3 Å². The number of carbonyl (C=O) groups is 8. The van der Waals surface area contributed by atoms with Gasteiger partial charge in [0.15, 0.2) is 0 Å². The van der Waals surface area contributed by atoms with Gasteiger partial charge in [0.05, 0.1) is 61.6 Å². The third-order valence-electron chi connectivity index (χ3n) is 14.7. The summed E-state index contributed by atoms with van der Waals surface area (Å²) in [6.45, 7) is 1.26. The monoisotopic (exact) mass is 1140 g/mol. The van der Waals surface area contributed by atoms with Crippen LogP contribution in [0.25, 0.3) is 0 Å². The van der Waals surface area contributed by atoms with Crippen LogP contribution in [-0.4, -0.2) is 81.8 Å². The molecule has 0 unspecified atom stereocenters. The summed E-state index contributed by atoms with van der Waals surface area (Å²) < 4.78 is 107. The molecule has 418 valence electrons. The molecule has 4 heterocycles. The van der Waals surface area contributed by atoms with Crippen LogP contribution in [0, 0.1) is 6.92 Å². The predicted octanol–water partition coefficient (Wildman–Crippen LogP) is 11.8. The molecule has 0 aliphatic carbocycles. The molecular weight excluding hydrogens is 1110 g/mol. The first-order chi connectivity index (χ1) is 39.9. The quantitative estimate of drug-likeness (QED) is 0.0911. The molecule has 0 spiro atoms. The molecule has 0 saturated heterocycles. The number of ether oxygens (including phenoxy) is 3. The van der Waals surface area contributed by atoms with Gasteiger partial charge in [-0.05, 0) is 163 Å².